The smallest absolute Gasteiger partial charge is 0.369 e. The quantitative estimate of drug-likeness (QED) is 0.740. The second-order valence-electron chi connectivity index (χ2n) is 6.10. The van der Waals surface area contributed by atoms with Crippen molar-refractivity contribution in [2.75, 3.05) is 37.6 Å². The number of carbonyl (C=O) groups excluding carboxylic acids is 1. The first-order valence-electron chi connectivity index (χ1n) is 8.16. The van der Waals surface area contributed by atoms with E-state index in [2.05, 4.69) is 0 Å². The van der Waals surface area contributed by atoms with Crippen LogP contribution in [-0.2, 0) is 6.18 Å². The molecule has 0 aliphatic carbocycles. The zero-order chi connectivity index (χ0) is 17.9. The molecule has 0 unspecified atom stereocenters. The van der Waals surface area contributed by atoms with Crippen molar-refractivity contribution < 1.29 is 18.0 Å². The van der Waals surface area contributed by atoms with Gasteiger partial charge in [0.15, 0.2) is 5.78 Å². The largest absolute Gasteiger partial charge is 0.416 e. The van der Waals surface area contributed by atoms with E-state index in [0.29, 0.717) is 44.0 Å². The number of carbonyl (C=O) groups is 1. The Balaban J connectivity index is 0.00000243. The number of hydrogen-bond donors (Lipinski definition) is 0. The molecule has 3 rings (SSSR count). The van der Waals surface area contributed by atoms with Gasteiger partial charge in [0, 0.05) is 37.4 Å². The minimum absolute atomic E-state index is 0. The first kappa shape index (κ1) is 20.3. The van der Waals surface area contributed by atoms with Crippen LogP contribution >= 0.6 is 12.4 Å². The van der Waals surface area contributed by atoms with Gasteiger partial charge >= 0.3 is 6.18 Å². The number of ketones is 1. The number of Topliss-reactive ketones (excluding diaryl/α,β-unsaturated/α-hetero) is 1. The van der Waals surface area contributed by atoms with E-state index in [-0.39, 0.29) is 18.2 Å². The van der Waals surface area contributed by atoms with E-state index in [0.717, 1.165) is 6.07 Å². The summed E-state index contributed by atoms with van der Waals surface area (Å²) >= 11 is 0. The van der Waals surface area contributed by atoms with Crippen molar-refractivity contribution in [1.29, 1.82) is 0 Å². The minimum Gasteiger partial charge on any atom is -0.369 e. The molecule has 26 heavy (non-hydrogen) atoms. The van der Waals surface area contributed by atoms with Gasteiger partial charge in [0.1, 0.15) is 0 Å². The molecule has 2 aromatic rings. The van der Waals surface area contributed by atoms with Gasteiger partial charge in [0.05, 0.1) is 12.1 Å². The van der Waals surface area contributed by atoms with Crippen LogP contribution in [-0.4, -0.2) is 43.4 Å². The highest BCUT2D eigenvalue weighted by atomic mass is 35.5. The van der Waals surface area contributed by atoms with E-state index < -0.39 is 11.7 Å². The lowest BCUT2D eigenvalue weighted by Crippen LogP contribution is -2.48. The molecule has 0 spiro atoms. The van der Waals surface area contributed by atoms with E-state index in [4.69, 9.17) is 0 Å². The Morgan fingerprint density at radius 1 is 0.923 bits per heavy atom. The Bertz CT molecular complexity index is 729. The van der Waals surface area contributed by atoms with Crippen LogP contribution < -0.4 is 4.90 Å². The van der Waals surface area contributed by atoms with Crippen LogP contribution in [0.3, 0.4) is 0 Å². The monoisotopic (exact) mass is 384 g/mol. The molecule has 140 valence electrons. The maximum Gasteiger partial charge on any atom is 0.416 e. The molecule has 1 aliphatic rings. The number of nitrogens with zero attached hydrogens (tertiary/aromatic N) is 2. The van der Waals surface area contributed by atoms with Crippen molar-refractivity contribution in [2.45, 2.75) is 6.18 Å². The zero-order valence-corrected chi connectivity index (χ0v) is 14.9. The second-order valence-corrected chi connectivity index (χ2v) is 6.10. The SMILES string of the molecule is Cl.O=C(CN1CCN(c2cccc(C(F)(F)F)c2)CC1)c1ccccc1. The molecule has 0 saturated carbocycles. The number of benzene rings is 2. The lowest BCUT2D eigenvalue weighted by molar-refractivity contribution is -0.137. The van der Waals surface area contributed by atoms with Gasteiger partial charge in [-0.2, -0.15) is 13.2 Å². The van der Waals surface area contributed by atoms with Crippen LogP contribution in [0.4, 0.5) is 18.9 Å². The predicted octanol–water partition coefficient (Wildman–Crippen LogP) is 4.13. The van der Waals surface area contributed by atoms with Gasteiger partial charge in [-0.3, -0.25) is 9.69 Å². The van der Waals surface area contributed by atoms with E-state index in [1.165, 1.54) is 12.1 Å². The highest BCUT2D eigenvalue weighted by Crippen LogP contribution is 2.31. The number of alkyl halides is 3. The molecule has 0 amide bonds. The van der Waals surface area contributed by atoms with Crippen molar-refractivity contribution in [2.24, 2.45) is 0 Å². The molecular formula is C19H20ClF3N2O. The molecule has 3 nitrogen and oxygen atoms in total. The minimum atomic E-state index is -4.33. The Labute approximate surface area is 156 Å². The third-order valence-electron chi connectivity index (χ3n) is 4.37. The topological polar surface area (TPSA) is 23.6 Å². The summed E-state index contributed by atoms with van der Waals surface area (Å²) in [7, 11) is 0. The van der Waals surface area contributed by atoms with E-state index >= 15 is 0 Å². The van der Waals surface area contributed by atoms with E-state index in [9.17, 15) is 18.0 Å². The molecule has 1 saturated heterocycles. The number of rotatable bonds is 4. The Kier molecular flexibility index (Phi) is 6.67. The molecule has 0 N–H and O–H groups in total. The first-order chi connectivity index (χ1) is 11.9. The van der Waals surface area contributed by atoms with Crippen LogP contribution in [0.5, 0.6) is 0 Å². The summed E-state index contributed by atoms with van der Waals surface area (Å²) in [5.41, 5.74) is 0.623. The fourth-order valence-electron chi connectivity index (χ4n) is 2.96. The van der Waals surface area contributed by atoms with Gasteiger partial charge in [-0.1, -0.05) is 36.4 Å². The van der Waals surface area contributed by atoms with Crippen molar-refractivity contribution in [3.8, 4) is 0 Å². The zero-order valence-electron chi connectivity index (χ0n) is 14.1. The van der Waals surface area contributed by atoms with Crippen LogP contribution in [0.1, 0.15) is 15.9 Å². The first-order valence-corrected chi connectivity index (χ1v) is 8.16. The normalized spacial score (nSPS) is 15.4. The van der Waals surface area contributed by atoms with E-state index in [1.54, 1.807) is 18.2 Å². The van der Waals surface area contributed by atoms with Crippen LogP contribution in [0.15, 0.2) is 54.6 Å². The molecule has 0 atom stereocenters. The standard InChI is InChI=1S/C19H19F3N2O.ClH/c20-19(21,22)16-7-4-8-17(13-16)24-11-9-23(10-12-24)14-18(25)15-5-2-1-3-6-15;/h1-8,13H,9-12,14H2;1H. The van der Waals surface area contributed by atoms with Gasteiger partial charge in [-0.05, 0) is 18.2 Å². The molecule has 1 heterocycles. The molecule has 0 radical (unpaired) electrons. The highest BCUT2D eigenvalue weighted by Gasteiger charge is 2.31. The third kappa shape index (κ3) is 4.99. The number of hydrogen-bond acceptors (Lipinski definition) is 3. The van der Waals surface area contributed by atoms with Gasteiger partial charge in [-0.15, -0.1) is 12.4 Å². The molecule has 1 fully saturated rings. The third-order valence-corrected chi connectivity index (χ3v) is 4.37. The maximum absolute atomic E-state index is 12.8. The maximum atomic E-state index is 12.8. The number of anilines is 1. The number of piperazine rings is 1. The molecule has 1 aliphatic heterocycles. The van der Waals surface area contributed by atoms with Gasteiger partial charge in [0.25, 0.3) is 0 Å². The van der Waals surface area contributed by atoms with E-state index in [1.807, 2.05) is 28.0 Å². The summed E-state index contributed by atoms with van der Waals surface area (Å²) in [6, 6.07) is 14.5. The van der Waals surface area contributed by atoms with Crippen molar-refractivity contribution in [3.63, 3.8) is 0 Å². The van der Waals surface area contributed by atoms with Crippen LogP contribution in [0, 0.1) is 0 Å². The van der Waals surface area contributed by atoms with Crippen molar-refractivity contribution in [3.05, 3.63) is 65.7 Å². The number of halogens is 4. The van der Waals surface area contributed by atoms with Gasteiger partial charge < -0.3 is 4.90 Å². The molecule has 0 bridgehead atoms. The highest BCUT2D eigenvalue weighted by molar-refractivity contribution is 5.97. The predicted molar refractivity (Wildman–Crippen MR) is 98.1 cm³/mol. The Morgan fingerprint density at radius 2 is 1.58 bits per heavy atom. The lowest BCUT2D eigenvalue weighted by atomic mass is 10.1. The average molecular weight is 385 g/mol. The van der Waals surface area contributed by atoms with Gasteiger partial charge in [0.2, 0.25) is 0 Å². The average Bonchev–Trinajstić information content (AvgIpc) is 2.62. The Hall–Kier alpha value is -2.05. The summed E-state index contributed by atoms with van der Waals surface area (Å²) in [4.78, 5) is 16.2. The van der Waals surface area contributed by atoms with Crippen LogP contribution in [0.2, 0.25) is 0 Å². The summed E-state index contributed by atoms with van der Waals surface area (Å²) in [6.07, 6.45) is -4.33. The summed E-state index contributed by atoms with van der Waals surface area (Å²) < 4.78 is 38.5. The van der Waals surface area contributed by atoms with Crippen molar-refractivity contribution in [1.82, 2.24) is 4.90 Å². The summed E-state index contributed by atoms with van der Waals surface area (Å²) in [6.45, 7) is 2.83. The molecule has 0 aromatic heterocycles. The lowest BCUT2D eigenvalue weighted by Gasteiger charge is -2.36. The summed E-state index contributed by atoms with van der Waals surface area (Å²) in [5.74, 6) is 0.0631. The molecule has 2 aromatic carbocycles. The Morgan fingerprint density at radius 3 is 2.19 bits per heavy atom. The van der Waals surface area contributed by atoms with Crippen molar-refractivity contribution >= 4 is 23.9 Å². The van der Waals surface area contributed by atoms with Crippen LogP contribution in [0.25, 0.3) is 0 Å². The molecule has 7 heteroatoms. The van der Waals surface area contributed by atoms with Gasteiger partial charge in [-0.25, -0.2) is 0 Å². The summed E-state index contributed by atoms with van der Waals surface area (Å²) in [5, 5.41) is 0. The fourth-order valence-corrected chi connectivity index (χ4v) is 2.96. The fraction of sp³-hybridized carbons (Fsp3) is 0.316. The molecular weight excluding hydrogens is 365 g/mol. The second kappa shape index (κ2) is 8.56.